The molecule has 1 heterocycles. The zero-order chi connectivity index (χ0) is 15.7. The summed E-state index contributed by atoms with van der Waals surface area (Å²) in [5.41, 5.74) is 1.58. The van der Waals surface area contributed by atoms with E-state index in [0.29, 0.717) is 29.4 Å². The predicted molar refractivity (Wildman–Crippen MR) is 80.8 cm³/mol. The van der Waals surface area contributed by atoms with Crippen LogP contribution in [-0.4, -0.2) is 31.0 Å². The second kappa shape index (κ2) is 5.77. The molecule has 2 N–H and O–H groups in total. The number of hydrogen-bond donors (Lipinski definition) is 2. The molecule has 0 saturated carbocycles. The second-order valence-corrected chi connectivity index (χ2v) is 5.20. The molecule has 3 rings (SSSR count). The van der Waals surface area contributed by atoms with Crippen molar-refractivity contribution in [3.63, 3.8) is 0 Å². The van der Waals surface area contributed by atoms with Crippen molar-refractivity contribution in [1.29, 1.82) is 0 Å². The fourth-order valence-electron chi connectivity index (χ4n) is 2.72. The maximum atomic E-state index is 10.7. The minimum Gasteiger partial charge on any atom is -0.508 e. The molecule has 0 unspecified atom stereocenters. The Morgan fingerprint density at radius 3 is 2.32 bits per heavy atom. The molecule has 5 heteroatoms. The number of rotatable bonds is 3. The van der Waals surface area contributed by atoms with Crippen LogP contribution in [0.15, 0.2) is 36.4 Å². The number of methoxy groups -OCH3 is 2. The zero-order valence-electron chi connectivity index (χ0n) is 12.4. The Balaban J connectivity index is 1.97. The number of hydrogen-bond acceptors (Lipinski definition) is 5. The smallest absolute Gasteiger partial charge is 0.164 e. The normalized spacial score (nSPS) is 20.0. The highest BCUT2D eigenvalue weighted by molar-refractivity contribution is 5.53. The Morgan fingerprint density at radius 1 is 1.05 bits per heavy atom. The van der Waals surface area contributed by atoms with Gasteiger partial charge in [-0.3, -0.25) is 0 Å². The molecule has 0 bridgehead atoms. The Kier molecular flexibility index (Phi) is 3.81. The summed E-state index contributed by atoms with van der Waals surface area (Å²) < 4.78 is 16.3. The van der Waals surface area contributed by atoms with Crippen LogP contribution in [0.3, 0.4) is 0 Å². The molecular weight excluding hydrogens is 284 g/mol. The number of phenolic OH excluding ortho intramolecular Hbond substituents is 1. The average Bonchev–Trinajstić information content (AvgIpc) is 2.55. The summed E-state index contributed by atoms with van der Waals surface area (Å²) in [7, 11) is 3.11. The Bertz CT molecular complexity index is 665. The molecule has 5 nitrogen and oxygen atoms in total. The van der Waals surface area contributed by atoms with Crippen molar-refractivity contribution in [2.45, 2.75) is 12.0 Å². The first-order valence-corrected chi connectivity index (χ1v) is 6.99. The quantitative estimate of drug-likeness (QED) is 0.912. The zero-order valence-corrected chi connectivity index (χ0v) is 12.4. The van der Waals surface area contributed by atoms with E-state index < -0.39 is 6.10 Å². The van der Waals surface area contributed by atoms with Crippen LogP contribution in [0, 0.1) is 0 Å². The third kappa shape index (κ3) is 2.44. The molecule has 1 aliphatic heterocycles. The van der Waals surface area contributed by atoms with Gasteiger partial charge in [0.15, 0.2) is 11.5 Å². The van der Waals surface area contributed by atoms with E-state index in [1.165, 1.54) is 0 Å². The van der Waals surface area contributed by atoms with Gasteiger partial charge in [-0.05, 0) is 23.8 Å². The van der Waals surface area contributed by atoms with Crippen molar-refractivity contribution in [2.75, 3.05) is 20.8 Å². The van der Waals surface area contributed by atoms with E-state index in [2.05, 4.69) is 0 Å². The van der Waals surface area contributed by atoms with Gasteiger partial charge in [-0.25, -0.2) is 0 Å². The van der Waals surface area contributed by atoms with E-state index in [0.717, 1.165) is 5.56 Å². The first kappa shape index (κ1) is 14.5. The highest BCUT2D eigenvalue weighted by atomic mass is 16.5. The molecule has 0 aliphatic carbocycles. The summed E-state index contributed by atoms with van der Waals surface area (Å²) in [5.74, 6) is 1.71. The summed E-state index contributed by atoms with van der Waals surface area (Å²) in [6, 6.07) is 10.3. The number of aromatic hydroxyl groups is 1. The number of phenols is 1. The van der Waals surface area contributed by atoms with Gasteiger partial charge in [0.05, 0.1) is 26.9 Å². The lowest BCUT2D eigenvalue weighted by Gasteiger charge is -2.31. The van der Waals surface area contributed by atoms with Crippen LogP contribution in [-0.2, 0) is 0 Å². The fourth-order valence-corrected chi connectivity index (χ4v) is 2.72. The largest absolute Gasteiger partial charge is 0.508 e. The Labute approximate surface area is 128 Å². The van der Waals surface area contributed by atoms with Gasteiger partial charge in [0.25, 0.3) is 0 Å². The van der Waals surface area contributed by atoms with E-state index in [1.807, 2.05) is 0 Å². The van der Waals surface area contributed by atoms with Crippen molar-refractivity contribution in [3.8, 4) is 23.0 Å². The highest BCUT2D eigenvalue weighted by Crippen LogP contribution is 2.45. The van der Waals surface area contributed by atoms with Gasteiger partial charge in [-0.2, -0.15) is 0 Å². The van der Waals surface area contributed by atoms with Crippen LogP contribution in [0.5, 0.6) is 23.0 Å². The highest BCUT2D eigenvalue weighted by Gasteiger charge is 2.32. The van der Waals surface area contributed by atoms with E-state index >= 15 is 0 Å². The number of fused-ring (bicyclic) bond motifs is 1. The molecule has 1 aliphatic rings. The monoisotopic (exact) mass is 302 g/mol. The van der Waals surface area contributed by atoms with Crippen molar-refractivity contribution >= 4 is 0 Å². The van der Waals surface area contributed by atoms with E-state index in [4.69, 9.17) is 14.2 Å². The van der Waals surface area contributed by atoms with Gasteiger partial charge in [-0.15, -0.1) is 0 Å². The van der Waals surface area contributed by atoms with Crippen LogP contribution >= 0.6 is 0 Å². The van der Waals surface area contributed by atoms with E-state index in [1.54, 1.807) is 50.6 Å². The van der Waals surface area contributed by atoms with Crippen LogP contribution < -0.4 is 14.2 Å². The summed E-state index contributed by atoms with van der Waals surface area (Å²) in [6.07, 6.45) is -0.715. The van der Waals surface area contributed by atoms with E-state index in [9.17, 15) is 10.2 Å². The second-order valence-electron chi connectivity index (χ2n) is 5.20. The number of aliphatic hydroxyl groups excluding tert-OH is 1. The third-order valence-electron chi connectivity index (χ3n) is 3.96. The SMILES string of the molecule is COc1cc2c(cc1OC)[C@@H](O)[C@H](c1ccc(O)cc1)CO2. The van der Waals surface area contributed by atoms with Crippen molar-refractivity contribution in [3.05, 3.63) is 47.5 Å². The molecule has 2 atom stereocenters. The standard InChI is InChI=1S/C17H18O5/c1-20-15-7-12-14(8-16(15)21-2)22-9-13(17(12)19)10-3-5-11(18)6-4-10/h3-8,13,17-19H,9H2,1-2H3/t13-,17+/m0/s1. The topological polar surface area (TPSA) is 68.2 Å². The first-order valence-electron chi connectivity index (χ1n) is 6.99. The third-order valence-corrected chi connectivity index (χ3v) is 3.96. The van der Waals surface area contributed by atoms with Gasteiger partial charge in [0.2, 0.25) is 0 Å². The summed E-state index contributed by atoms with van der Waals surface area (Å²) in [6.45, 7) is 0.356. The predicted octanol–water partition coefficient (Wildman–Crippen LogP) is 2.62. The lowest BCUT2D eigenvalue weighted by molar-refractivity contribution is 0.0882. The molecule has 0 fully saturated rings. The lowest BCUT2D eigenvalue weighted by Crippen LogP contribution is -2.24. The van der Waals surface area contributed by atoms with Crippen LogP contribution in [0.4, 0.5) is 0 Å². The molecule has 2 aromatic rings. The molecule has 0 aromatic heterocycles. The van der Waals surface area contributed by atoms with Crippen molar-refractivity contribution in [2.24, 2.45) is 0 Å². The molecular formula is C17H18O5. The van der Waals surface area contributed by atoms with Crippen molar-refractivity contribution in [1.82, 2.24) is 0 Å². The number of aliphatic hydroxyl groups is 1. The van der Waals surface area contributed by atoms with Gasteiger partial charge >= 0.3 is 0 Å². The Morgan fingerprint density at radius 2 is 1.68 bits per heavy atom. The molecule has 0 amide bonds. The summed E-state index contributed by atoms with van der Waals surface area (Å²) in [4.78, 5) is 0. The Hall–Kier alpha value is -2.40. The lowest BCUT2D eigenvalue weighted by atomic mass is 9.87. The van der Waals surface area contributed by atoms with Crippen LogP contribution in [0.25, 0.3) is 0 Å². The van der Waals surface area contributed by atoms with Gasteiger partial charge in [-0.1, -0.05) is 12.1 Å². The molecule has 0 saturated heterocycles. The molecule has 2 aromatic carbocycles. The summed E-state index contributed by atoms with van der Waals surface area (Å²) >= 11 is 0. The van der Waals surface area contributed by atoms with Gasteiger partial charge in [0.1, 0.15) is 11.5 Å². The number of benzene rings is 2. The van der Waals surface area contributed by atoms with E-state index in [-0.39, 0.29) is 11.7 Å². The van der Waals surface area contributed by atoms with Gasteiger partial charge < -0.3 is 24.4 Å². The van der Waals surface area contributed by atoms with Crippen molar-refractivity contribution < 1.29 is 24.4 Å². The molecule has 0 radical (unpaired) electrons. The van der Waals surface area contributed by atoms with Gasteiger partial charge in [0, 0.05) is 17.5 Å². The minimum absolute atomic E-state index is 0.196. The van der Waals surface area contributed by atoms with Crippen LogP contribution in [0.1, 0.15) is 23.1 Å². The molecule has 0 spiro atoms. The summed E-state index contributed by atoms with van der Waals surface area (Å²) in [5, 5.41) is 20.1. The maximum absolute atomic E-state index is 10.7. The molecule has 116 valence electrons. The molecule has 22 heavy (non-hydrogen) atoms. The fraction of sp³-hybridized carbons (Fsp3) is 0.294. The number of ether oxygens (including phenoxy) is 3. The minimum atomic E-state index is -0.715. The average molecular weight is 302 g/mol. The maximum Gasteiger partial charge on any atom is 0.164 e. The first-order chi connectivity index (χ1) is 10.6. The van der Waals surface area contributed by atoms with Crippen LogP contribution in [0.2, 0.25) is 0 Å².